The fourth-order valence-corrected chi connectivity index (χ4v) is 1.66. The van der Waals surface area contributed by atoms with E-state index in [1.807, 2.05) is 13.8 Å². The largest absolute Gasteiger partial charge is 0.444 e. The molecular formula is C11H11BrFN3O. The van der Waals surface area contributed by atoms with E-state index in [4.69, 9.17) is 4.42 Å². The highest BCUT2D eigenvalue weighted by Gasteiger charge is 2.14. The van der Waals surface area contributed by atoms with Crippen molar-refractivity contribution in [3.05, 3.63) is 40.4 Å². The summed E-state index contributed by atoms with van der Waals surface area (Å²) in [6.45, 7) is 3.64. The van der Waals surface area contributed by atoms with Crippen molar-refractivity contribution in [2.45, 2.75) is 19.9 Å². The predicted molar refractivity (Wildman–Crippen MR) is 65.2 cm³/mol. The maximum absolute atomic E-state index is 13.5. The third-order valence-corrected chi connectivity index (χ3v) is 2.60. The average Bonchev–Trinajstić information content (AvgIpc) is 2.69. The van der Waals surface area contributed by atoms with Gasteiger partial charge in [0.2, 0.25) is 5.89 Å². The molecule has 0 aliphatic rings. The molecule has 4 nitrogen and oxygen atoms in total. The minimum atomic E-state index is -0.422. The van der Waals surface area contributed by atoms with Gasteiger partial charge in [-0.2, -0.15) is 0 Å². The summed E-state index contributed by atoms with van der Waals surface area (Å²) in [5.41, 5.74) is 0. The van der Waals surface area contributed by atoms with Crippen LogP contribution in [0.2, 0.25) is 0 Å². The van der Waals surface area contributed by atoms with Crippen molar-refractivity contribution in [3.8, 4) is 0 Å². The van der Waals surface area contributed by atoms with E-state index in [1.54, 1.807) is 6.20 Å². The second kappa shape index (κ2) is 4.83. The van der Waals surface area contributed by atoms with Crippen LogP contribution in [-0.4, -0.2) is 9.97 Å². The second-order valence-electron chi connectivity index (χ2n) is 3.66. The summed E-state index contributed by atoms with van der Waals surface area (Å²) >= 11 is 3.15. The molecule has 0 saturated carbocycles. The molecule has 2 heterocycles. The van der Waals surface area contributed by atoms with Gasteiger partial charge >= 0.3 is 0 Å². The molecule has 1 N–H and O–H groups in total. The Balaban J connectivity index is 2.15. The van der Waals surface area contributed by atoms with E-state index in [-0.39, 0.29) is 11.9 Å². The van der Waals surface area contributed by atoms with Crippen LogP contribution in [0.1, 0.15) is 24.6 Å². The van der Waals surface area contributed by atoms with Crippen LogP contribution in [0.4, 0.5) is 10.2 Å². The summed E-state index contributed by atoms with van der Waals surface area (Å²) in [7, 11) is 0. The first-order valence-electron chi connectivity index (χ1n) is 5.06. The van der Waals surface area contributed by atoms with Crippen LogP contribution in [-0.2, 0) is 0 Å². The van der Waals surface area contributed by atoms with E-state index in [9.17, 15) is 4.39 Å². The number of hydrogen-bond donors (Lipinski definition) is 1. The number of rotatable bonds is 3. The molecule has 6 heteroatoms. The number of halogens is 2. The molecule has 90 valence electrons. The minimum absolute atomic E-state index is 0.177. The third-order valence-electron chi connectivity index (χ3n) is 2.17. The van der Waals surface area contributed by atoms with Crippen LogP contribution in [0.5, 0.6) is 0 Å². The Bertz CT molecular complexity index is 529. The van der Waals surface area contributed by atoms with Crippen LogP contribution in [0.15, 0.2) is 27.3 Å². The van der Waals surface area contributed by atoms with Crippen molar-refractivity contribution < 1.29 is 8.81 Å². The van der Waals surface area contributed by atoms with Crippen molar-refractivity contribution in [3.63, 3.8) is 0 Å². The Labute approximate surface area is 106 Å². The zero-order valence-corrected chi connectivity index (χ0v) is 11.0. The first kappa shape index (κ1) is 12.0. The van der Waals surface area contributed by atoms with Crippen LogP contribution >= 0.6 is 15.9 Å². The number of anilines is 1. The first-order chi connectivity index (χ1) is 8.06. The molecule has 0 saturated heterocycles. The highest BCUT2D eigenvalue weighted by Crippen LogP contribution is 2.21. The molecule has 0 aliphatic carbocycles. The molecule has 0 amide bonds. The first-order valence-corrected chi connectivity index (χ1v) is 5.85. The van der Waals surface area contributed by atoms with Gasteiger partial charge in [0.05, 0.1) is 6.20 Å². The summed E-state index contributed by atoms with van der Waals surface area (Å²) in [6, 6.07) is 1.11. The summed E-state index contributed by atoms with van der Waals surface area (Å²) in [5, 5.41) is 2.90. The van der Waals surface area contributed by atoms with E-state index >= 15 is 0 Å². The van der Waals surface area contributed by atoms with Crippen LogP contribution in [0.25, 0.3) is 0 Å². The molecule has 1 atom stereocenters. The van der Waals surface area contributed by atoms with Gasteiger partial charge in [0, 0.05) is 10.7 Å². The molecule has 0 spiro atoms. The standard InChI is InChI=1S/C11H11BrFN3O/c1-6-4-15-11(17-6)7(2)16-10-9(13)3-8(12)5-14-10/h3-5,7H,1-2H3,(H,14,16). The topological polar surface area (TPSA) is 51.0 Å². The molecule has 1 unspecified atom stereocenters. The van der Waals surface area contributed by atoms with Crippen LogP contribution in [0, 0.1) is 12.7 Å². The Morgan fingerprint density at radius 3 is 2.76 bits per heavy atom. The molecule has 0 bridgehead atoms. The van der Waals surface area contributed by atoms with Gasteiger partial charge in [-0.15, -0.1) is 0 Å². The summed E-state index contributed by atoms with van der Waals surface area (Å²) in [6.07, 6.45) is 3.15. The third kappa shape index (κ3) is 2.82. The zero-order valence-electron chi connectivity index (χ0n) is 9.37. The van der Waals surface area contributed by atoms with Gasteiger partial charge < -0.3 is 9.73 Å². The summed E-state index contributed by atoms with van der Waals surface area (Å²) in [5.74, 6) is 0.982. The fourth-order valence-electron chi connectivity index (χ4n) is 1.36. The minimum Gasteiger partial charge on any atom is -0.444 e. The van der Waals surface area contributed by atoms with Crippen molar-refractivity contribution in [1.82, 2.24) is 9.97 Å². The lowest BCUT2D eigenvalue weighted by molar-refractivity contribution is 0.452. The van der Waals surface area contributed by atoms with Crippen molar-refractivity contribution in [2.24, 2.45) is 0 Å². The smallest absolute Gasteiger partial charge is 0.216 e. The van der Waals surface area contributed by atoms with Gasteiger partial charge in [0.25, 0.3) is 0 Å². The Hall–Kier alpha value is -1.43. The molecule has 0 radical (unpaired) electrons. The number of pyridine rings is 1. The van der Waals surface area contributed by atoms with Crippen molar-refractivity contribution >= 4 is 21.7 Å². The number of oxazole rings is 1. The highest BCUT2D eigenvalue weighted by molar-refractivity contribution is 9.10. The van der Waals surface area contributed by atoms with Gasteiger partial charge in [0.1, 0.15) is 11.8 Å². The molecule has 0 fully saturated rings. The number of hydrogen-bond acceptors (Lipinski definition) is 4. The van der Waals surface area contributed by atoms with E-state index in [1.165, 1.54) is 12.3 Å². The Morgan fingerprint density at radius 1 is 1.41 bits per heavy atom. The molecule has 2 aromatic heterocycles. The van der Waals surface area contributed by atoms with Gasteiger partial charge in [-0.05, 0) is 35.8 Å². The normalized spacial score (nSPS) is 12.5. The monoisotopic (exact) mass is 299 g/mol. The van der Waals surface area contributed by atoms with Crippen LogP contribution < -0.4 is 5.32 Å². The lowest BCUT2D eigenvalue weighted by atomic mass is 10.3. The Morgan fingerprint density at radius 2 is 2.18 bits per heavy atom. The zero-order chi connectivity index (χ0) is 12.4. The SMILES string of the molecule is Cc1cnc(C(C)Nc2ncc(Br)cc2F)o1. The molecule has 0 aromatic carbocycles. The van der Waals surface area contributed by atoms with Crippen molar-refractivity contribution in [2.75, 3.05) is 5.32 Å². The summed E-state index contributed by atoms with van der Waals surface area (Å²) < 4.78 is 19.5. The number of nitrogens with zero attached hydrogens (tertiary/aromatic N) is 2. The van der Waals surface area contributed by atoms with Gasteiger partial charge in [-0.25, -0.2) is 14.4 Å². The number of aromatic nitrogens is 2. The Kier molecular flexibility index (Phi) is 3.42. The predicted octanol–water partition coefficient (Wildman–Crippen LogP) is 3.45. The highest BCUT2D eigenvalue weighted by atomic mass is 79.9. The van der Waals surface area contributed by atoms with Crippen LogP contribution in [0.3, 0.4) is 0 Å². The fraction of sp³-hybridized carbons (Fsp3) is 0.273. The van der Waals surface area contributed by atoms with E-state index in [0.717, 1.165) is 5.76 Å². The molecule has 2 aromatic rings. The molecule has 17 heavy (non-hydrogen) atoms. The molecule has 2 rings (SSSR count). The van der Waals surface area contributed by atoms with Gasteiger partial charge in [0.15, 0.2) is 11.6 Å². The van der Waals surface area contributed by atoms with Gasteiger partial charge in [-0.1, -0.05) is 0 Å². The maximum Gasteiger partial charge on any atom is 0.216 e. The van der Waals surface area contributed by atoms with Crippen molar-refractivity contribution in [1.29, 1.82) is 0 Å². The average molecular weight is 300 g/mol. The lowest BCUT2D eigenvalue weighted by Crippen LogP contribution is -2.09. The lowest BCUT2D eigenvalue weighted by Gasteiger charge is -2.11. The number of nitrogens with one attached hydrogen (secondary N) is 1. The summed E-state index contributed by atoms with van der Waals surface area (Å²) in [4.78, 5) is 8.02. The number of aryl methyl sites for hydroxylation is 1. The quantitative estimate of drug-likeness (QED) is 0.943. The second-order valence-corrected chi connectivity index (χ2v) is 4.57. The maximum atomic E-state index is 13.5. The molecular weight excluding hydrogens is 289 g/mol. The van der Waals surface area contributed by atoms with Gasteiger partial charge in [-0.3, -0.25) is 0 Å². The van der Waals surface area contributed by atoms with E-state index in [2.05, 4.69) is 31.2 Å². The van der Waals surface area contributed by atoms with E-state index < -0.39 is 5.82 Å². The molecule has 0 aliphatic heterocycles. The van der Waals surface area contributed by atoms with E-state index in [0.29, 0.717) is 10.4 Å².